The number of aryl methyl sites for hydroxylation is 1. The van der Waals surface area contributed by atoms with Gasteiger partial charge in [-0.25, -0.2) is 19.9 Å². The van der Waals surface area contributed by atoms with Crippen LogP contribution in [0.4, 0.5) is 11.9 Å². The minimum atomic E-state index is 0.0875. The number of benzene rings is 2. The number of rotatable bonds is 3. The first-order valence-corrected chi connectivity index (χ1v) is 9.62. The monoisotopic (exact) mass is 381 g/mol. The highest BCUT2D eigenvalue weighted by Crippen LogP contribution is 2.32. The fraction of sp³-hybridized carbons (Fsp3) is 0.174. The topological polar surface area (TPSA) is 80.7 Å². The van der Waals surface area contributed by atoms with E-state index in [9.17, 15) is 4.79 Å². The van der Waals surface area contributed by atoms with Crippen molar-refractivity contribution >= 4 is 28.6 Å². The van der Waals surface area contributed by atoms with Crippen molar-refractivity contribution < 1.29 is 4.79 Å². The summed E-state index contributed by atoms with van der Waals surface area (Å²) in [5.74, 6) is 1.07. The third-order valence-electron chi connectivity index (χ3n) is 5.33. The van der Waals surface area contributed by atoms with Crippen LogP contribution in [-0.2, 0) is 6.42 Å². The molecule has 6 heteroatoms. The summed E-state index contributed by atoms with van der Waals surface area (Å²) in [4.78, 5) is 30.6. The zero-order valence-electron chi connectivity index (χ0n) is 16.0. The molecule has 0 spiro atoms. The summed E-state index contributed by atoms with van der Waals surface area (Å²) in [7, 11) is 0. The standard InChI is InChI=1S/C23H19N5O/c1-14-17-9-5-6-10-19(17)26-23(25-14)28-22-24-13-18-20(27-22)11-16(12-21(18)29)15-7-3-2-4-8-15/h2-10,13,16H,11-12H2,1H3,(H,24,25,26,27,28)/t16-/m0/s1. The summed E-state index contributed by atoms with van der Waals surface area (Å²) in [6, 6.07) is 18.0. The molecule has 142 valence electrons. The average Bonchev–Trinajstić information content (AvgIpc) is 2.74. The number of anilines is 2. The van der Waals surface area contributed by atoms with E-state index < -0.39 is 0 Å². The van der Waals surface area contributed by atoms with Crippen molar-refractivity contribution in [1.29, 1.82) is 0 Å². The van der Waals surface area contributed by atoms with Crippen molar-refractivity contribution in [1.82, 2.24) is 19.9 Å². The molecule has 2 aromatic heterocycles. The van der Waals surface area contributed by atoms with Crippen LogP contribution in [0.15, 0.2) is 60.8 Å². The van der Waals surface area contributed by atoms with E-state index in [0.717, 1.165) is 27.9 Å². The normalized spacial score (nSPS) is 15.9. The molecule has 0 saturated carbocycles. The predicted molar refractivity (Wildman–Crippen MR) is 111 cm³/mol. The summed E-state index contributed by atoms with van der Waals surface area (Å²) in [6.45, 7) is 1.95. The molecule has 2 aromatic carbocycles. The molecular weight excluding hydrogens is 362 g/mol. The lowest BCUT2D eigenvalue weighted by Gasteiger charge is -2.23. The molecule has 4 aromatic rings. The second kappa shape index (κ2) is 7.05. The van der Waals surface area contributed by atoms with Crippen LogP contribution < -0.4 is 5.32 Å². The molecule has 0 saturated heterocycles. The first kappa shape index (κ1) is 17.4. The van der Waals surface area contributed by atoms with Gasteiger partial charge in [-0.3, -0.25) is 10.1 Å². The van der Waals surface area contributed by atoms with Crippen molar-refractivity contribution in [2.24, 2.45) is 0 Å². The Bertz CT molecular complexity index is 1220. The molecule has 0 radical (unpaired) electrons. The second-order valence-corrected chi connectivity index (χ2v) is 7.27. The highest BCUT2D eigenvalue weighted by Gasteiger charge is 2.28. The molecule has 0 amide bonds. The Labute approximate surface area is 168 Å². The average molecular weight is 381 g/mol. The van der Waals surface area contributed by atoms with Crippen molar-refractivity contribution in [2.75, 3.05) is 5.32 Å². The molecule has 1 atom stereocenters. The summed E-state index contributed by atoms with van der Waals surface area (Å²) < 4.78 is 0. The van der Waals surface area contributed by atoms with E-state index in [1.807, 2.05) is 49.4 Å². The summed E-state index contributed by atoms with van der Waals surface area (Å²) in [5.41, 5.74) is 4.28. The number of carbonyl (C=O) groups is 1. The van der Waals surface area contributed by atoms with E-state index >= 15 is 0 Å². The Kier molecular flexibility index (Phi) is 4.24. The predicted octanol–water partition coefficient (Wildman–Crippen LogP) is 4.38. The molecule has 29 heavy (non-hydrogen) atoms. The highest BCUT2D eigenvalue weighted by molar-refractivity contribution is 5.98. The SMILES string of the molecule is Cc1nc(Nc2ncc3c(n2)C[C@H](c2ccccc2)CC3=O)nc2ccccc12. The van der Waals surface area contributed by atoms with E-state index in [2.05, 4.69) is 37.4 Å². The van der Waals surface area contributed by atoms with E-state index in [1.165, 1.54) is 0 Å². The van der Waals surface area contributed by atoms with Gasteiger partial charge in [-0.2, -0.15) is 0 Å². The first-order valence-electron chi connectivity index (χ1n) is 9.62. The van der Waals surface area contributed by atoms with Crippen LogP contribution in [0.1, 0.15) is 39.6 Å². The summed E-state index contributed by atoms with van der Waals surface area (Å²) >= 11 is 0. The molecule has 1 N–H and O–H groups in total. The maximum absolute atomic E-state index is 12.6. The Morgan fingerprint density at radius 2 is 1.69 bits per heavy atom. The van der Waals surface area contributed by atoms with Gasteiger partial charge >= 0.3 is 0 Å². The first-order chi connectivity index (χ1) is 14.2. The van der Waals surface area contributed by atoms with Crippen LogP contribution in [0.25, 0.3) is 10.9 Å². The van der Waals surface area contributed by atoms with Crippen LogP contribution in [0.5, 0.6) is 0 Å². The number of Topliss-reactive ketones (excluding diaryl/α,β-unsaturated/α-hetero) is 1. The maximum Gasteiger partial charge on any atom is 0.230 e. The van der Waals surface area contributed by atoms with Gasteiger partial charge in [0.05, 0.1) is 22.5 Å². The lowest BCUT2D eigenvalue weighted by atomic mass is 9.82. The van der Waals surface area contributed by atoms with E-state index in [0.29, 0.717) is 30.3 Å². The number of aromatic nitrogens is 4. The smallest absolute Gasteiger partial charge is 0.230 e. The van der Waals surface area contributed by atoms with Crippen LogP contribution in [0.3, 0.4) is 0 Å². The van der Waals surface area contributed by atoms with Crippen LogP contribution in [0, 0.1) is 6.92 Å². The number of hydrogen-bond acceptors (Lipinski definition) is 6. The maximum atomic E-state index is 12.6. The van der Waals surface area contributed by atoms with Crippen LogP contribution >= 0.6 is 0 Å². The number of carbonyl (C=O) groups excluding carboxylic acids is 1. The number of hydrogen-bond donors (Lipinski definition) is 1. The Balaban J connectivity index is 1.46. The molecule has 2 heterocycles. The molecule has 5 rings (SSSR count). The third kappa shape index (κ3) is 3.33. The zero-order chi connectivity index (χ0) is 19.8. The molecular formula is C23H19N5O. The van der Waals surface area contributed by atoms with Gasteiger partial charge in [0.1, 0.15) is 0 Å². The van der Waals surface area contributed by atoms with Gasteiger partial charge in [0, 0.05) is 18.0 Å². The highest BCUT2D eigenvalue weighted by atomic mass is 16.1. The number of para-hydroxylation sites is 1. The Morgan fingerprint density at radius 3 is 2.55 bits per heavy atom. The Hall–Kier alpha value is -3.67. The van der Waals surface area contributed by atoms with Gasteiger partial charge in [-0.1, -0.05) is 48.5 Å². The summed E-state index contributed by atoms with van der Waals surface area (Å²) in [5, 5.41) is 4.12. The molecule has 0 fully saturated rings. The van der Waals surface area contributed by atoms with Crippen molar-refractivity contribution in [3.8, 4) is 0 Å². The van der Waals surface area contributed by atoms with E-state index in [-0.39, 0.29) is 11.7 Å². The largest absolute Gasteiger partial charge is 0.294 e. The molecule has 1 aliphatic rings. The van der Waals surface area contributed by atoms with E-state index in [1.54, 1.807) is 6.20 Å². The van der Waals surface area contributed by atoms with Gasteiger partial charge in [-0.15, -0.1) is 0 Å². The number of nitrogens with one attached hydrogen (secondary N) is 1. The molecule has 6 nitrogen and oxygen atoms in total. The third-order valence-corrected chi connectivity index (χ3v) is 5.33. The van der Waals surface area contributed by atoms with Crippen molar-refractivity contribution in [3.63, 3.8) is 0 Å². The van der Waals surface area contributed by atoms with Gasteiger partial charge in [0.25, 0.3) is 0 Å². The number of nitrogens with zero attached hydrogens (tertiary/aromatic N) is 4. The lowest BCUT2D eigenvalue weighted by molar-refractivity contribution is 0.0962. The van der Waals surface area contributed by atoms with Crippen molar-refractivity contribution in [3.05, 3.63) is 83.3 Å². The van der Waals surface area contributed by atoms with E-state index in [4.69, 9.17) is 0 Å². The van der Waals surface area contributed by atoms with Gasteiger partial charge in [0.2, 0.25) is 11.9 Å². The minimum Gasteiger partial charge on any atom is -0.294 e. The fourth-order valence-corrected chi connectivity index (χ4v) is 3.86. The molecule has 0 aliphatic heterocycles. The van der Waals surface area contributed by atoms with Gasteiger partial charge < -0.3 is 0 Å². The summed E-state index contributed by atoms with van der Waals surface area (Å²) in [6.07, 6.45) is 2.81. The van der Waals surface area contributed by atoms with Gasteiger partial charge in [-0.05, 0) is 30.9 Å². The zero-order valence-corrected chi connectivity index (χ0v) is 16.0. The quantitative estimate of drug-likeness (QED) is 0.567. The minimum absolute atomic E-state index is 0.0875. The van der Waals surface area contributed by atoms with Crippen molar-refractivity contribution in [2.45, 2.75) is 25.7 Å². The number of ketones is 1. The molecule has 0 unspecified atom stereocenters. The van der Waals surface area contributed by atoms with Gasteiger partial charge in [0.15, 0.2) is 5.78 Å². The van der Waals surface area contributed by atoms with Crippen LogP contribution in [0.2, 0.25) is 0 Å². The Morgan fingerprint density at radius 1 is 0.897 bits per heavy atom. The molecule has 0 bridgehead atoms. The number of fused-ring (bicyclic) bond motifs is 2. The second-order valence-electron chi connectivity index (χ2n) is 7.27. The van der Waals surface area contributed by atoms with Crippen LogP contribution in [-0.4, -0.2) is 25.7 Å². The fourth-order valence-electron chi connectivity index (χ4n) is 3.86. The lowest BCUT2D eigenvalue weighted by Crippen LogP contribution is -2.21. The molecule has 1 aliphatic carbocycles.